The van der Waals surface area contributed by atoms with Gasteiger partial charge in [0.15, 0.2) is 5.69 Å². The van der Waals surface area contributed by atoms with E-state index in [2.05, 4.69) is 9.97 Å². The molecule has 6 heteroatoms. The van der Waals surface area contributed by atoms with Gasteiger partial charge in [0.25, 0.3) is 0 Å². The number of hydrogen-bond acceptors (Lipinski definition) is 4. The van der Waals surface area contributed by atoms with E-state index in [1.807, 2.05) is 13.8 Å². The lowest BCUT2D eigenvalue weighted by molar-refractivity contribution is 0.0691. The fourth-order valence-electron chi connectivity index (χ4n) is 1.32. The third-order valence-electron chi connectivity index (χ3n) is 2.24. The van der Waals surface area contributed by atoms with Crippen LogP contribution in [0.5, 0.6) is 0 Å². The number of carbonyl (C=O) groups is 1. The van der Waals surface area contributed by atoms with E-state index in [1.165, 1.54) is 17.4 Å². The van der Waals surface area contributed by atoms with Crippen molar-refractivity contribution in [1.29, 1.82) is 0 Å². The van der Waals surface area contributed by atoms with Crippen LogP contribution in [0, 0.1) is 13.8 Å². The fraction of sp³-hybridized carbons (Fsp3) is 0.300. The molecule has 0 aliphatic rings. The van der Waals surface area contributed by atoms with Gasteiger partial charge in [0.05, 0.1) is 18.6 Å². The molecule has 0 saturated heterocycles. The Balaban J connectivity index is 2.17. The zero-order chi connectivity index (χ0) is 11.7. The van der Waals surface area contributed by atoms with Crippen LogP contribution in [0.2, 0.25) is 0 Å². The molecule has 0 atom stereocenters. The van der Waals surface area contributed by atoms with Crippen LogP contribution in [-0.4, -0.2) is 25.6 Å². The van der Waals surface area contributed by atoms with E-state index < -0.39 is 5.97 Å². The number of rotatable bonds is 3. The van der Waals surface area contributed by atoms with Gasteiger partial charge in [0.2, 0.25) is 0 Å². The lowest BCUT2D eigenvalue weighted by atomic mass is 10.4. The maximum atomic E-state index is 10.6. The van der Waals surface area contributed by atoms with Gasteiger partial charge in [-0.3, -0.25) is 0 Å². The zero-order valence-electron chi connectivity index (χ0n) is 8.97. The molecule has 16 heavy (non-hydrogen) atoms. The normalized spacial score (nSPS) is 10.6. The monoisotopic (exact) mass is 237 g/mol. The molecule has 0 aliphatic heterocycles. The number of carboxylic acid groups (broad SMARTS) is 1. The molecule has 0 unspecified atom stereocenters. The van der Waals surface area contributed by atoms with E-state index in [0.717, 1.165) is 10.7 Å². The first-order valence-corrected chi connectivity index (χ1v) is 5.56. The summed E-state index contributed by atoms with van der Waals surface area (Å²) in [6, 6.07) is 0. The van der Waals surface area contributed by atoms with Crippen LogP contribution in [-0.2, 0) is 6.54 Å². The summed E-state index contributed by atoms with van der Waals surface area (Å²) in [5, 5.41) is 9.69. The number of carboxylic acids is 1. The minimum absolute atomic E-state index is 0.0602. The molecular weight excluding hydrogens is 226 g/mol. The second kappa shape index (κ2) is 4.05. The molecule has 0 aromatic carbocycles. The Morgan fingerprint density at radius 2 is 2.31 bits per heavy atom. The van der Waals surface area contributed by atoms with Crippen LogP contribution in [0.1, 0.15) is 26.1 Å². The van der Waals surface area contributed by atoms with E-state index >= 15 is 0 Å². The largest absolute Gasteiger partial charge is 0.476 e. The van der Waals surface area contributed by atoms with Crippen LogP contribution >= 0.6 is 11.3 Å². The standard InChI is InChI=1S/C10H11N3O2S/c1-6-7(2)16-9(12-6)4-13-3-8(10(14)15)11-5-13/h3,5H,4H2,1-2H3,(H,14,15). The molecular formula is C10H11N3O2S. The van der Waals surface area contributed by atoms with Crippen molar-refractivity contribution in [2.75, 3.05) is 0 Å². The number of aryl methyl sites for hydroxylation is 2. The number of hydrogen-bond donors (Lipinski definition) is 1. The lowest BCUT2D eigenvalue weighted by Crippen LogP contribution is -1.98. The summed E-state index contributed by atoms with van der Waals surface area (Å²) in [5.41, 5.74) is 1.09. The van der Waals surface area contributed by atoms with E-state index in [9.17, 15) is 4.79 Å². The highest BCUT2D eigenvalue weighted by Gasteiger charge is 2.08. The van der Waals surface area contributed by atoms with Crippen molar-refractivity contribution >= 4 is 17.3 Å². The summed E-state index contributed by atoms with van der Waals surface area (Å²) >= 11 is 1.62. The molecule has 0 fully saturated rings. The van der Waals surface area contributed by atoms with Gasteiger partial charge in [0.1, 0.15) is 5.01 Å². The predicted octanol–water partition coefficient (Wildman–Crippen LogP) is 1.70. The second-order valence-electron chi connectivity index (χ2n) is 3.49. The number of aromatic nitrogens is 3. The van der Waals surface area contributed by atoms with E-state index in [0.29, 0.717) is 6.54 Å². The van der Waals surface area contributed by atoms with Crippen molar-refractivity contribution in [3.8, 4) is 0 Å². The Morgan fingerprint density at radius 1 is 1.56 bits per heavy atom. The average molecular weight is 237 g/mol. The maximum Gasteiger partial charge on any atom is 0.356 e. The minimum Gasteiger partial charge on any atom is -0.476 e. The van der Waals surface area contributed by atoms with Crippen molar-refractivity contribution in [2.45, 2.75) is 20.4 Å². The van der Waals surface area contributed by atoms with Gasteiger partial charge in [-0.1, -0.05) is 0 Å². The van der Waals surface area contributed by atoms with Gasteiger partial charge in [0, 0.05) is 11.1 Å². The maximum absolute atomic E-state index is 10.6. The molecule has 0 radical (unpaired) electrons. The highest BCUT2D eigenvalue weighted by Crippen LogP contribution is 2.17. The van der Waals surface area contributed by atoms with Crippen molar-refractivity contribution < 1.29 is 9.90 Å². The molecule has 2 aromatic rings. The molecule has 0 bridgehead atoms. The van der Waals surface area contributed by atoms with Gasteiger partial charge < -0.3 is 9.67 Å². The van der Waals surface area contributed by atoms with Crippen LogP contribution in [0.15, 0.2) is 12.5 Å². The first-order chi connectivity index (χ1) is 7.56. The second-order valence-corrected chi connectivity index (χ2v) is 4.77. The van der Waals surface area contributed by atoms with Crippen molar-refractivity contribution in [1.82, 2.24) is 14.5 Å². The summed E-state index contributed by atoms with van der Waals surface area (Å²) < 4.78 is 1.72. The van der Waals surface area contributed by atoms with E-state index in [-0.39, 0.29) is 5.69 Å². The predicted molar refractivity (Wildman–Crippen MR) is 59.9 cm³/mol. The third-order valence-corrected chi connectivity index (χ3v) is 3.30. The molecule has 0 amide bonds. The van der Waals surface area contributed by atoms with Crippen LogP contribution in [0.25, 0.3) is 0 Å². The topological polar surface area (TPSA) is 68.0 Å². The molecule has 0 spiro atoms. The van der Waals surface area contributed by atoms with Gasteiger partial charge in [-0.25, -0.2) is 14.8 Å². The Bertz CT molecular complexity index is 510. The van der Waals surface area contributed by atoms with Gasteiger partial charge in [-0.2, -0.15) is 0 Å². The summed E-state index contributed by atoms with van der Waals surface area (Å²) in [6.45, 7) is 4.55. The van der Waals surface area contributed by atoms with Crippen molar-refractivity contribution in [3.63, 3.8) is 0 Å². The molecule has 2 aromatic heterocycles. The van der Waals surface area contributed by atoms with E-state index in [4.69, 9.17) is 5.11 Å². The molecule has 2 heterocycles. The number of thiazole rings is 1. The Morgan fingerprint density at radius 3 is 2.81 bits per heavy atom. The summed E-state index contributed by atoms with van der Waals surface area (Å²) in [4.78, 5) is 20.0. The van der Waals surface area contributed by atoms with Crippen molar-refractivity contribution in [3.05, 3.63) is 33.8 Å². The molecule has 5 nitrogen and oxygen atoms in total. The van der Waals surface area contributed by atoms with Gasteiger partial charge >= 0.3 is 5.97 Å². The van der Waals surface area contributed by atoms with E-state index in [1.54, 1.807) is 15.9 Å². The van der Waals surface area contributed by atoms with Crippen LogP contribution in [0.3, 0.4) is 0 Å². The van der Waals surface area contributed by atoms with Crippen LogP contribution < -0.4 is 0 Å². The Kier molecular flexibility index (Phi) is 2.74. The third kappa shape index (κ3) is 2.11. The van der Waals surface area contributed by atoms with Crippen molar-refractivity contribution in [2.24, 2.45) is 0 Å². The van der Waals surface area contributed by atoms with Gasteiger partial charge in [-0.15, -0.1) is 11.3 Å². The SMILES string of the molecule is Cc1nc(Cn2cnc(C(=O)O)c2)sc1C. The van der Waals surface area contributed by atoms with Gasteiger partial charge in [-0.05, 0) is 13.8 Å². The quantitative estimate of drug-likeness (QED) is 0.882. The first kappa shape index (κ1) is 10.8. The molecule has 84 valence electrons. The summed E-state index contributed by atoms with van der Waals surface area (Å²) in [6.07, 6.45) is 3.02. The molecule has 0 aliphatic carbocycles. The average Bonchev–Trinajstić information content (AvgIpc) is 2.76. The molecule has 0 saturated carbocycles. The number of imidazole rings is 1. The summed E-state index contributed by atoms with van der Waals surface area (Å²) in [7, 11) is 0. The Hall–Kier alpha value is -1.69. The number of aromatic carboxylic acids is 1. The van der Waals surface area contributed by atoms with Crippen LogP contribution in [0.4, 0.5) is 0 Å². The lowest BCUT2D eigenvalue weighted by Gasteiger charge is -1.95. The first-order valence-electron chi connectivity index (χ1n) is 4.74. The highest BCUT2D eigenvalue weighted by atomic mass is 32.1. The smallest absolute Gasteiger partial charge is 0.356 e. The molecule has 2 rings (SSSR count). The highest BCUT2D eigenvalue weighted by molar-refractivity contribution is 7.11. The molecule has 1 N–H and O–H groups in total. The number of nitrogens with zero attached hydrogens (tertiary/aromatic N) is 3. The minimum atomic E-state index is -1.01. The fourth-order valence-corrected chi connectivity index (χ4v) is 2.26. The Labute approximate surface area is 96.4 Å². The summed E-state index contributed by atoms with van der Waals surface area (Å²) in [5.74, 6) is -1.01. The zero-order valence-corrected chi connectivity index (χ0v) is 9.78.